The molecule has 0 saturated carbocycles. The van der Waals surface area contributed by atoms with Crippen LogP contribution in [0.15, 0.2) is 0 Å². The predicted octanol–water partition coefficient (Wildman–Crippen LogP) is -0.263. The Balaban J connectivity index is 3.30. The van der Waals surface area contributed by atoms with Crippen molar-refractivity contribution in [3.63, 3.8) is 0 Å². The fourth-order valence-corrected chi connectivity index (χ4v) is 0.577. The van der Waals surface area contributed by atoms with Gasteiger partial charge in [-0.25, -0.2) is 4.79 Å². The lowest BCUT2D eigenvalue weighted by Crippen LogP contribution is -2.18. The van der Waals surface area contributed by atoms with Gasteiger partial charge in [0.05, 0.1) is 0 Å². The van der Waals surface area contributed by atoms with Gasteiger partial charge in [-0.1, -0.05) is 0 Å². The second-order valence-corrected chi connectivity index (χ2v) is 2.04. The molecule has 1 amide bonds. The van der Waals surface area contributed by atoms with Crippen LogP contribution in [0.5, 0.6) is 0 Å². The molecule has 4 N–H and O–H groups in total. The van der Waals surface area contributed by atoms with Gasteiger partial charge in [-0.2, -0.15) is 0 Å². The molecule has 0 saturated heterocycles. The zero-order valence-electron chi connectivity index (χ0n) is 6.21. The lowest BCUT2D eigenvalue weighted by molar-refractivity contribution is -0.137. The van der Waals surface area contributed by atoms with Crippen molar-refractivity contribution in [3.8, 4) is 0 Å². The van der Waals surface area contributed by atoms with E-state index in [0.717, 1.165) is 6.42 Å². The largest absolute Gasteiger partial charge is 0.412 e. The van der Waals surface area contributed by atoms with Gasteiger partial charge >= 0.3 is 12.1 Å². The topological polar surface area (TPSA) is 95.4 Å². The van der Waals surface area contributed by atoms with Gasteiger partial charge in [0, 0.05) is 6.42 Å². The molecule has 0 aliphatic rings. The van der Waals surface area contributed by atoms with Crippen LogP contribution in [-0.4, -0.2) is 18.6 Å². The Hall–Kier alpha value is -1.10. The number of hydrogen-bond donors (Lipinski definition) is 2. The molecule has 0 bridgehead atoms. The van der Waals surface area contributed by atoms with Gasteiger partial charge < -0.3 is 16.2 Å². The molecule has 0 aromatic rings. The molecular formula is C6H12N2O3. The maximum absolute atomic E-state index is 10.6. The molecule has 64 valence electrons. The van der Waals surface area contributed by atoms with Crippen molar-refractivity contribution < 1.29 is 14.3 Å². The molecule has 0 spiro atoms. The third-order valence-corrected chi connectivity index (χ3v) is 1.05. The molecule has 0 radical (unpaired) electrons. The third kappa shape index (κ3) is 6.79. The summed E-state index contributed by atoms with van der Waals surface area (Å²) in [5, 5.41) is 0. The molecule has 0 aromatic heterocycles. The molecule has 0 heterocycles. The van der Waals surface area contributed by atoms with Crippen molar-refractivity contribution in [2.45, 2.75) is 19.3 Å². The first-order chi connectivity index (χ1) is 5.16. The lowest BCUT2D eigenvalue weighted by atomic mass is 10.2. The highest BCUT2D eigenvalue weighted by atomic mass is 16.6. The van der Waals surface area contributed by atoms with E-state index in [1.165, 1.54) is 0 Å². The summed E-state index contributed by atoms with van der Waals surface area (Å²) >= 11 is 0. The zero-order valence-corrected chi connectivity index (χ0v) is 6.21. The lowest BCUT2D eigenvalue weighted by Gasteiger charge is -1.97. The average molecular weight is 160 g/mol. The van der Waals surface area contributed by atoms with Gasteiger partial charge in [-0.15, -0.1) is 0 Å². The number of ether oxygens (including phenoxy) is 1. The van der Waals surface area contributed by atoms with Crippen LogP contribution in [0.4, 0.5) is 4.79 Å². The normalized spacial score (nSPS) is 9.18. The van der Waals surface area contributed by atoms with Crippen LogP contribution in [0.25, 0.3) is 0 Å². The number of carbonyl (C=O) groups excluding carboxylic acids is 2. The number of rotatable bonds is 4. The Morgan fingerprint density at radius 1 is 1.27 bits per heavy atom. The highest BCUT2D eigenvalue weighted by Gasteiger charge is 2.04. The van der Waals surface area contributed by atoms with Gasteiger partial charge in [0.2, 0.25) is 0 Å². The highest BCUT2D eigenvalue weighted by molar-refractivity contribution is 5.83. The first kappa shape index (κ1) is 9.90. The van der Waals surface area contributed by atoms with E-state index >= 15 is 0 Å². The van der Waals surface area contributed by atoms with Crippen molar-refractivity contribution in [3.05, 3.63) is 0 Å². The quantitative estimate of drug-likeness (QED) is 0.336. The predicted molar refractivity (Wildman–Crippen MR) is 38.6 cm³/mol. The number of unbranched alkanes of at least 4 members (excludes halogenated alkanes) is 1. The Kier molecular flexibility index (Phi) is 5.10. The number of primary amides is 1. The number of esters is 1. The van der Waals surface area contributed by atoms with Crippen LogP contribution in [0.2, 0.25) is 0 Å². The summed E-state index contributed by atoms with van der Waals surface area (Å²) in [7, 11) is 0. The van der Waals surface area contributed by atoms with Gasteiger partial charge in [0.15, 0.2) is 0 Å². The second-order valence-electron chi connectivity index (χ2n) is 2.04. The number of nitrogens with two attached hydrogens (primary N) is 2. The van der Waals surface area contributed by atoms with Crippen molar-refractivity contribution in [1.29, 1.82) is 0 Å². The van der Waals surface area contributed by atoms with E-state index in [1.54, 1.807) is 0 Å². The van der Waals surface area contributed by atoms with Crippen LogP contribution < -0.4 is 11.5 Å². The molecule has 0 aliphatic heterocycles. The van der Waals surface area contributed by atoms with Crippen molar-refractivity contribution >= 4 is 12.1 Å². The number of carbonyl (C=O) groups is 2. The van der Waals surface area contributed by atoms with Crippen LogP contribution in [0.3, 0.4) is 0 Å². The Labute approximate surface area is 64.7 Å². The standard InChI is InChI=1S/C6H12N2O3/c7-4-2-1-3-5(9)11-6(8)10/h1-4,7H2,(H2,8,10). The summed E-state index contributed by atoms with van der Waals surface area (Å²) in [5.74, 6) is -0.592. The van der Waals surface area contributed by atoms with Crippen LogP contribution in [0.1, 0.15) is 19.3 Å². The van der Waals surface area contributed by atoms with Crippen LogP contribution in [0, 0.1) is 0 Å². The van der Waals surface area contributed by atoms with E-state index in [2.05, 4.69) is 10.5 Å². The summed E-state index contributed by atoms with van der Waals surface area (Å²) in [5.41, 5.74) is 9.76. The van der Waals surface area contributed by atoms with Crippen LogP contribution >= 0.6 is 0 Å². The van der Waals surface area contributed by atoms with Crippen molar-refractivity contribution in [2.24, 2.45) is 11.5 Å². The first-order valence-corrected chi connectivity index (χ1v) is 3.37. The van der Waals surface area contributed by atoms with Gasteiger partial charge in [0.1, 0.15) is 0 Å². The first-order valence-electron chi connectivity index (χ1n) is 3.37. The molecule has 11 heavy (non-hydrogen) atoms. The average Bonchev–Trinajstić information content (AvgIpc) is 1.86. The molecule has 5 heteroatoms. The zero-order chi connectivity index (χ0) is 8.69. The molecular weight excluding hydrogens is 148 g/mol. The monoisotopic (exact) mass is 160 g/mol. The van der Waals surface area contributed by atoms with Crippen molar-refractivity contribution in [2.75, 3.05) is 6.54 Å². The SMILES string of the molecule is NCCCCC(=O)OC(N)=O. The number of hydrogen-bond acceptors (Lipinski definition) is 4. The maximum atomic E-state index is 10.6. The Morgan fingerprint density at radius 2 is 1.91 bits per heavy atom. The Morgan fingerprint density at radius 3 is 2.36 bits per heavy atom. The van der Waals surface area contributed by atoms with E-state index in [-0.39, 0.29) is 6.42 Å². The molecule has 0 aromatic carbocycles. The second kappa shape index (κ2) is 5.67. The van der Waals surface area contributed by atoms with Gasteiger partial charge in [-0.3, -0.25) is 4.79 Å². The van der Waals surface area contributed by atoms with E-state index in [4.69, 9.17) is 5.73 Å². The van der Waals surface area contributed by atoms with E-state index in [1.807, 2.05) is 0 Å². The molecule has 5 nitrogen and oxygen atoms in total. The summed E-state index contributed by atoms with van der Waals surface area (Å²) in [6.07, 6.45) is 0.513. The molecule has 0 unspecified atom stereocenters. The van der Waals surface area contributed by atoms with Gasteiger partial charge in [0.25, 0.3) is 0 Å². The summed E-state index contributed by atoms with van der Waals surface area (Å²) in [6, 6.07) is 0. The maximum Gasteiger partial charge on any atom is 0.412 e. The minimum absolute atomic E-state index is 0.195. The van der Waals surface area contributed by atoms with Gasteiger partial charge in [-0.05, 0) is 19.4 Å². The highest BCUT2D eigenvalue weighted by Crippen LogP contribution is 1.95. The Bertz CT molecular complexity index is 147. The summed E-state index contributed by atoms with van der Waals surface area (Å²) < 4.78 is 4.06. The molecule has 0 fully saturated rings. The van der Waals surface area contributed by atoms with E-state index < -0.39 is 12.1 Å². The summed E-state index contributed by atoms with van der Waals surface area (Å²) in [6.45, 7) is 0.532. The van der Waals surface area contributed by atoms with E-state index in [9.17, 15) is 9.59 Å². The number of amides is 1. The summed E-state index contributed by atoms with van der Waals surface area (Å²) in [4.78, 5) is 20.6. The smallest absolute Gasteiger partial charge is 0.376 e. The fourth-order valence-electron chi connectivity index (χ4n) is 0.577. The fraction of sp³-hybridized carbons (Fsp3) is 0.667. The minimum atomic E-state index is -1.05. The molecule has 0 aliphatic carbocycles. The van der Waals surface area contributed by atoms with E-state index in [0.29, 0.717) is 13.0 Å². The molecule has 0 atom stereocenters. The minimum Gasteiger partial charge on any atom is -0.376 e. The van der Waals surface area contributed by atoms with Crippen LogP contribution in [-0.2, 0) is 9.53 Å². The molecule has 0 rings (SSSR count). The van der Waals surface area contributed by atoms with Crippen molar-refractivity contribution in [1.82, 2.24) is 0 Å². The third-order valence-electron chi connectivity index (χ3n) is 1.05.